The summed E-state index contributed by atoms with van der Waals surface area (Å²) in [7, 11) is 0. The molecule has 0 saturated carbocycles. The molecule has 1 rings (SSSR count). The van der Waals surface area contributed by atoms with Gasteiger partial charge in [-0.2, -0.15) is 4.39 Å². The largest absolute Gasteiger partial charge is 0.489 e. The molecular weight excluding hydrogens is 200 g/mol. The maximum atomic E-state index is 13.1. The minimum absolute atomic E-state index is 0.0819. The molecule has 0 bridgehead atoms. The SMILES string of the molecule is CCCC(N)COc1cccc(F)c1F. The molecule has 0 aromatic heterocycles. The molecule has 2 N–H and O–H groups in total. The predicted molar refractivity (Wildman–Crippen MR) is 54.7 cm³/mol. The molecule has 0 amide bonds. The molecular formula is C11H15F2NO. The van der Waals surface area contributed by atoms with Gasteiger partial charge in [0, 0.05) is 6.04 Å². The van der Waals surface area contributed by atoms with Crippen LogP contribution in [-0.4, -0.2) is 12.6 Å². The summed E-state index contributed by atoms with van der Waals surface area (Å²) in [4.78, 5) is 0. The van der Waals surface area contributed by atoms with E-state index < -0.39 is 11.6 Å². The molecule has 15 heavy (non-hydrogen) atoms. The quantitative estimate of drug-likeness (QED) is 0.818. The fraction of sp³-hybridized carbons (Fsp3) is 0.455. The van der Waals surface area contributed by atoms with Crippen molar-refractivity contribution in [3.8, 4) is 5.75 Å². The smallest absolute Gasteiger partial charge is 0.200 e. The highest BCUT2D eigenvalue weighted by molar-refractivity contribution is 5.25. The first kappa shape index (κ1) is 11.9. The van der Waals surface area contributed by atoms with E-state index in [0.717, 1.165) is 18.9 Å². The third kappa shape index (κ3) is 3.47. The topological polar surface area (TPSA) is 35.2 Å². The van der Waals surface area contributed by atoms with Crippen LogP contribution in [0.2, 0.25) is 0 Å². The third-order valence-electron chi connectivity index (χ3n) is 2.03. The number of ether oxygens (including phenoxy) is 1. The summed E-state index contributed by atoms with van der Waals surface area (Å²) in [6.07, 6.45) is 1.74. The molecule has 1 aromatic rings. The van der Waals surface area contributed by atoms with E-state index in [1.54, 1.807) is 0 Å². The Bertz CT molecular complexity index is 317. The van der Waals surface area contributed by atoms with Gasteiger partial charge in [-0.3, -0.25) is 0 Å². The molecule has 84 valence electrons. The molecule has 1 atom stereocenters. The highest BCUT2D eigenvalue weighted by atomic mass is 19.2. The molecule has 0 saturated heterocycles. The second-order valence-electron chi connectivity index (χ2n) is 3.41. The van der Waals surface area contributed by atoms with Crippen molar-refractivity contribution < 1.29 is 13.5 Å². The minimum atomic E-state index is -0.957. The zero-order valence-electron chi connectivity index (χ0n) is 8.67. The first-order chi connectivity index (χ1) is 7.15. The van der Waals surface area contributed by atoms with E-state index in [4.69, 9.17) is 10.5 Å². The lowest BCUT2D eigenvalue weighted by Crippen LogP contribution is -2.27. The van der Waals surface area contributed by atoms with Crippen LogP contribution >= 0.6 is 0 Å². The molecule has 0 aliphatic heterocycles. The van der Waals surface area contributed by atoms with Crippen LogP contribution in [0.15, 0.2) is 18.2 Å². The number of nitrogens with two attached hydrogens (primary N) is 1. The minimum Gasteiger partial charge on any atom is -0.489 e. The van der Waals surface area contributed by atoms with Gasteiger partial charge in [0.2, 0.25) is 5.82 Å². The first-order valence-electron chi connectivity index (χ1n) is 4.97. The molecule has 0 heterocycles. The highest BCUT2D eigenvalue weighted by Gasteiger charge is 2.09. The number of hydrogen-bond acceptors (Lipinski definition) is 2. The van der Waals surface area contributed by atoms with E-state index in [2.05, 4.69) is 0 Å². The molecule has 0 spiro atoms. The van der Waals surface area contributed by atoms with Crippen molar-refractivity contribution in [1.82, 2.24) is 0 Å². The van der Waals surface area contributed by atoms with Crippen LogP contribution in [0.3, 0.4) is 0 Å². The predicted octanol–water partition coefficient (Wildman–Crippen LogP) is 2.47. The number of rotatable bonds is 5. The van der Waals surface area contributed by atoms with Crippen LogP contribution in [0.25, 0.3) is 0 Å². The molecule has 4 heteroatoms. The van der Waals surface area contributed by atoms with Gasteiger partial charge < -0.3 is 10.5 Å². The van der Waals surface area contributed by atoms with E-state index in [0.29, 0.717) is 0 Å². The van der Waals surface area contributed by atoms with Gasteiger partial charge in [0.25, 0.3) is 0 Å². The molecule has 0 radical (unpaired) electrons. The van der Waals surface area contributed by atoms with Crippen LogP contribution in [0, 0.1) is 11.6 Å². The summed E-state index contributed by atoms with van der Waals surface area (Å²) in [5, 5.41) is 0. The van der Waals surface area contributed by atoms with Crippen molar-refractivity contribution in [2.24, 2.45) is 5.73 Å². The van der Waals surface area contributed by atoms with Gasteiger partial charge in [-0.25, -0.2) is 4.39 Å². The Morgan fingerprint density at radius 2 is 2.13 bits per heavy atom. The van der Waals surface area contributed by atoms with Gasteiger partial charge in [-0.1, -0.05) is 19.4 Å². The molecule has 0 aliphatic carbocycles. The van der Waals surface area contributed by atoms with E-state index in [-0.39, 0.29) is 18.4 Å². The van der Waals surface area contributed by atoms with Gasteiger partial charge >= 0.3 is 0 Å². The van der Waals surface area contributed by atoms with Crippen molar-refractivity contribution in [2.75, 3.05) is 6.61 Å². The summed E-state index contributed by atoms with van der Waals surface area (Å²) < 4.78 is 31.0. The Hall–Kier alpha value is -1.16. The second-order valence-corrected chi connectivity index (χ2v) is 3.41. The van der Waals surface area contributed by atoms with Gasteiger partial charge in [0.1, 0.15) is 6.61 Å². The van der Waals surface area contributed by atoms with Gasteiger partial charge in [-0.15, -0.1) is 0 Å². The van der Waals surface area contributed by atoms with E-state index in [1.807, 2.05) is 6.92 Å². The molecule has 1 aromatic carbocycles. The van der Waals surface area contributed by atoms with Crippen molar-refractivity contribution in [3.63, 3.8) is 0 Å². The monoisotopic (exact) mass is 215 g/mol. The summed E-state index contributed by atoms with van der Waals surface area (Å²) in [6.45, 7) is 2.21. The van der Waals surface area contributed by atoms with Crippen molar-refractivity contribution in [3.05, 3.63) is 29.8 Å². The fourth-order valence-corrected chi connectivity index (χ4v) is 1.25. The lowest BCUT2D eigenvalue weighted by atomic mass is 10.2. The number of hydrogen-bond donors (Lipinski definition) is 1. The van der Waals surface area contributed by atoms with Gasteiger partial charge in [0.15, 0.2) is 11.6 Å². The summed E-state index contributed by atoms with van der Waals surface area (Å²) >= 11 is 0. The summed E-state index contributed by atoms with van der Waals surface area (Å²) in [6, 6.07) is 3.70. The average molecular weight is 215 g/mol. The summed E-state index contributed by atoms with van der Waals surface area (Å²) in [5.41, 5.74) is 5.68. The second kappa shape index (κ2) is 5.66. The summed E-state index contributed by atoms with van der Waals surface area (Å²) in [5.74, 6) is -1.95. The van der Waals surface area contributed by atoms with Crippen LogP contribution in [0.1, 0.15) is 19.8 Å². The third-order valence-corrected chi connectivity index (χ3v) is 2.03. The Balaban J connectivity index is 2.54. The number of halogens is 2. The fourth-order valence-electron chi connectivity index (χ4n) is 1.25. The van der Waals surface area contributed by atoms with Crippen LogP contribution < -0.4 is 10.5 Å². The zero-order valence-corrected chi connectivity index (χ0v) is 8.67. The van der Waals surface area contributed by atoms with Crippen molar-refractivity contribution >= 4 is 0 Å². The Morgan fingerprint density at radius 3 is 2.80 bits per heavy atom. The van der Waals surface area contributed by atoms with Crippen molar-refractivity contribution in [1.29, 1.82) is 0 Å². The molecule has 1 unspecified atom stereocenters. The van der Waals surface area contributed by atoms with Crippen LogP contribution in [-0.2, 0) is 0 Å². The lowest BCUT2D eigenvalue weighted by molar-refractivity contribution is 0.265. The average Bonchev–Trinajstić information content (AvgIpc) is 2.21. The Kier molecular flexibility index (Phi) is 4.49. The zero-order chi connectivity index (χ0) is 11.3. The normalized spacial score (nSPS) is 12.5. The molecule has 0 aliphatic rings. The van der Waals surface area contributed by atoms with E-state index in [1.165, 1.54) is 12.1 Å². The van der Waals surface area contributed by atoms with Gasteiger partial charge in [0.05, 0.1) is 0 Å². The van der Waals surface area contributed by atoms with E-state index in [9.17, 15) is 8.78 Å². The van der Waals surface area contributed by atoms with E-state index >= 15 is 0 Å². The Morgan fingerprint density at radius 1 is 1.40 bits per heavy atom. The lowest BCUT2D eigenvalue weighted by Gasteiger charge is -2.12. The molecule has 2 nitrogen and oxygen atoms in total. The van der Waals surface area contributed by atoms with Gasteiger partial charge in [-0.05, 0) is 18.6 Å². The maximum Gasteiger partial charge on any atom is 0.200 e. The number of benzene rings is 1. The van der Waals surface area contributed by atoms with Crippen LogP contribution in [0.4, 0.5) is 8.78 Å². The van der Waals surface area contributed by atoms with Crippen LogP contribution in [0.5, 0.6) is 5.75 Å². The van der Waals surface area contributed by atoms with Crippen molar-refractivity contribution in [2.45, 2.75) is 25.8 Å². The maximum absolute atomic E-state index is 13.1. The standard InChI is InChI=1S/C11H15F2NO/c1-2-4-8(14)7-15-10-6-3-5-9(12)11(10)13/h3,5-6,8H,2,4,7,14H2,1H3. The Labute approximate surface area is 88.0 Å². The highest BCUT2D eigenvalue weighted by Crippen LogP contribution is 2.19. The molecule has 0 fully saturated rings. The first-order valence-corrected chi connectivity index (χ1v) is 4.97.